The molecule has 1 aromatic heterocycles. The van der Waals surface area contributed by atoms with Crippen molar-refractivity contribution in [3.63, 3.8) is 0 Å². The molecule has 0 unspecified atom stereocenters. The summed E-state index contributed by atoms with van der Waals surface area (Å²) < 4.78 is 5.35. The highest BCUT2D eigenvalue weighted by Crippen LogP contribution is 2.18. The van der Waals surface area contributed by atoms with E-state index in [0.29, 0.717) is 23.1 Å². The molecule has 3 aromatic rings. The zero-order valence-electron chi connectivity index (χ0n) is 14.8. The summed E-state index contributed by atoms with van der Waals surface area (Å²) in [5.74, 6) is 1.12. The van der Waals surface area contributed by atoms with Gasteiger partial charge in [0.05, 0.1) is 7.11 Å². The number of ether oxygens (including phenoxy) is 1. The summed E-state index contributed by atoms with van der Waals surface area (Å²) in [5, 5.41) is 6.59. The number of methoxy groups -OCH3 is 1. The molecule has 27 heavy (non-hydrogen) atoms. The SMILES string of the molecule is COc1ccccc1CCNc1cc(C(=O)Nc2ccc(Cl)cc2)ncn1. The fourth-order valence-electron chi connectivity index (χ4n) is 2.54. The van der Waals surface area contributed by atoms with Crippen LogP contribution >= 0.6 is 11.6 Å². The Morgan fingerprint density at radius 2 is 1.89 bits per heavy atom. The number of hydrogen-bond donors (Lipinski definition) is 2. The fourth-order valence-corrected chi connectivity index (χ4v) is 2.67. The lowest BCUT2D eigenvalue weighted by Crippen LogP contribution is -2.15. The van der Waals surface area contributed by atoms with Crippen LogP contribution in [0.25, 0.3) is 0 Å². The number of nitrogens with one attached hydrogen (secondary N) is 2. The molecule has 7 heteroatoms. The second-order valence-electron chi connectivity index (χ2n) is 5.74. The van der Waals surface area contributed by atoms with Crippen molar-refractivity contribution in [2.75, 3.05) is 24.3 Å². The molecule has 1 amide bonds. The van der Waals surface area contributed by atoms with Crippen molar-refractivity contribution in [2.24, 2.45) is 0 Å². The van der Waals surface area contributed by atoms with Gasteiger partial charge in [0, 0.05) is 23.3 Å². The summed E-state index contributed by atoms with van der Waals surface area (Å²) in [4.78, 5) is 20.6. The van der Waals surface area contributed by atoms with Crippen LogP contribution in [0.15, 0.2) is 60.9 Å². The lowest BCUT2D eigenvalue weighted by atomic mass is 10.1. The van der Waals surface area contributed by atoms with E-state index in [-0.39, 0.29) is 11.6 Å². The summed E-state index contributed by atoms with van der Waals surface area (Å²) in [6.07, 6.45) is 2.13. The van der Waals surface area contributed by atoms with Crippen LogP contribution in [0, 0.1) is 0 Å². The zero-order chi connectivity index (χ0) is 19.1. The Morgan fingerprint density at radius 3 is 2.67 bits per heavy atom. The van der Waals surface area contributed by atoms with Gasteiger partial charge in [0.1, 0.15) is 23.6 Å². The molecular formula is C20H19ClN4O2. The van der Waals surface area contributed by atoms with E-state index >= 15 is 0 Å². The molecule has 0 saturated carbocycles. The van der Waals surface area contributed by atoms with Crippen LogP contribution in [0.5, 0.6) is 5.75 Å². The molecule has 3 rings (SSSR count). The van der Waals surface area contributed by atoms with Gasteiger partial charge in [-0.2, -0.15) is 0 Å². The zero-order valence-corrected chi connectivity index (χ0v) is 15.5. The van der Waals surface area contributed by atoms with Gasteiger partial charge in [-0.05, 0) is 42.3 Å². The Morgan fingerprint density at radius 1 is 1.11 bits per heavy atom. The molecule has 1 heterocycles. The number of carbonyl (C=O) groups excluding carboxylic acids is 1. The highest BCUT2D eigenvalue weighted by atomic mass is 35.5. The lowest BCUT2D eigenvalue weighted by Gasteiger charge is -2.10. The molecule has 2 aromatic carbocycles. The molecular weight excluding hydrogens is 364 g/mol. The van der Waals surface area contributed by atoms with Crippen molar-refractivity contribution >= 4 is 29.0 Å². The highest BCUT2D eigenvalue weighted by Gasteiger charge is 2.09. The fraction of sp³-hybridized carbons (Fsp3) is 0.150. The van der Waals surface area contributed by atoms with E-state index in [2.05, 4.69) is 20.6 Å². The van der Waals surface area contributed by atoms with Crippen LogP contribution in [0.4, 0.5) is 11.5 Å². The second kappa shape index (κ2) is 9.00. The van der Waals surface area contributed by atoms with Crippen LogP contribution in [0.2, 0.25) is 5.02 Å². The number of aromatic nitrogens is 2. The van der Waals surface area contributed by atoms with Gasteiger partial charge < -0.3 is 15.4 Å². The summed E-state index contributed by atoms with van der Waals surface area (Å²) in [6, 6.07) is 16.4. The second-order valence-corrected chi connectivity index (χ2v) is 6.17. The summed E-state index contributed by atoms with van der Waals surface area (Å²) in [5.41, 5.74) is 2.02. The Bertz CT molecular complexity index is 916. The molecule has 0 aliphatic rings. The third-order valence-corrected chi connectivity index (χ3v) is 4.15. The quantitative estimate of drug-likeness (QED) is 0.644. The van der Waals surface area contributed by atoms with E-state index < -0.39 is 0 Å². The van der Waals surface area contributed by atoms with Crippen LogP contribution in [-0.2, 0) is 6.42 Å². The van der Waals surface area contributed by atoms with Crippen molar-refractivity contribution in [1.29, 1.82) is 0 Å². The highest BCUT2D eigenvalue weighted by molar-refractivity contribution is 6.30. The number of rotatable bonds is 7. The van der Waals surface area contributed by atoms with E-state index in [0.717, 1.165) is 17.7 Å². The maximum absolute atomic E-state index is 12.4. The van der Waals surface area contributed by atoms with Gasteiger partial charge in [-0.25, -0.2) is 9.97 Å². The Balaban J connectivity index is 1.59. The number of carbonyl (C=O) groups is 1. The van der Waals surface area contributed by atoms with E-state index in [9.17, 15) is 4.79 Å². The number of amides is 1. The van der Waals surface area contributed by atoms with Crippen LogP contribution in [0.1, 0.15) is 16.1 Å². The van der Waals surface area contributed by atoms with Crippen molar-refractivity contribution in [3.05, 3.63) is 77.2 Å². The Labute approximate surface area is 162 Å². The minimum Gasteiger partial charge on any atom is -0.496 e. The average molecular weight is 383 g/mol. The number of nitrogens with zero attached hydrogens (tertiary/aromatic N) is 2. The first-order chi connectivity index (χ1) is 13.2. The number of para-hydroxylation sites is 1. The molecule has 138 valence electrons. The first kappa shape index (κ1) is 18.7. The largest absolute Gasteiger partial charge is 0.496 e. The maximum Gasteiger partial charge on any atom is 0.274 e. The summed E-state index contributed by atoms with van der Waals surface area (Å²) >= 11 is 5.85. The van der Waals surface area contributed by atoms with Gasteiger partial charge in [0.2, 0.25) is 0 Å². The first-order valence-corrected chi connectivity index (χ1v) is 8.78. The van der Waals surface area contributed by atoms with Crippen molar-refractivity contribution in [2.45, 2.75) is 6.42 Å². The number of hydrogen-bond acceptors (Lipinski definition) is 5. The Hall–Kier alpha value is -3.12. The van der Waals surface area contributed by atoms with Crippen molar-refractivity contribution in [3.8, 4) is 5.75 Å². The minimum absolute atomic E-state index is 0.278. The number of anilines is 2. The van der Waals surface area contributed by atoms with Crippen LogP contribution < -0.4 is 15.4 Å². The summed E-state index contributed by atoms with van der Waals surface area (Å²) in [6.45, 7) is 0.648. The van der Waals surface area contributed by atoms with Gasteiger partial charge in [0.25, 0.3) is 5.91 Å². The average Bonchev–Trinajstić information content (AvgIpc) is 2.70. The normalized spacial score (nSPS) is 10.3. The first-order valence-electron chi connectivity index (χ1n) is 8.40. The van der Waals surface area contributed by atoms with E-state index in [1.54, 1.807) is 37.4 Å². The third-order valence-electron chi connectivity index (χ3n) is 3.89. The molecule has 0 saturated heterocycles. The van der Waals surface area contributed by atoms with Crippen LogP contribution in [0.3, 0.4) is 0 Å². The minimum atomic E-state index is -0.312. The maximum atomic E-state index is 12.4. The summed E-state index contributed by atoms with van der Waals surface area (Å²) in [7, 11) is 1.66. The molecule has 0 radical (unpaired) electrons. The van der Waals surface area contributed by atoms with E-state index in [4.69, 9.17) is 16.3 Å². The molecule has 2 N–H and O–H groups in total. The molecule has 0 bridgehead atoms. The Kier molecular flexibility index (Phi) is 6.22. The number of halogens is 1. The monoisotopic (exact) mass is 382 g/mol. The van der Waals surface area contributed by atoms with Gasteiger partial charge in [0.15, 0.2) is 0 Å². The van der Waals surface area contributed by atoms with Gasteiger partial charge >= 0.3 is 0 Å². The standard InChI is InChI=1S/C20H19ClN4O2/c1-27-18-5-3-2-4-14(18)10-11-22-19-12-17(23-13-24-19)20(26)25-16-8-6-15(21)7-9-16/h2-9,12-13H,10-11H2,1H3,(H,25,26)(H,22,23,24). The molecule has 0 atom stereocenters. The van der Waals surface area contributed by atoms with Gasteiger partial charge in [-0.1, -0.05) is 29.8 Å². The van der Waals surface area contributed by atoms with E-state index in [1.807, 2.05) is 24.3 Å². The molecule has 0 aliphatic carbocycles. The topological polar surface area (TPSA) is 76.1 Å². The lowest BCUT2D eigenvalue weighted by molar-refractivity contribution is 0.102. The van der Waals surface area contributed by atoms with E-state index in [1.165, 1.54) is 6.33 Å². The number of benzene rings is 2. The van der Waals surface area contributed by atoms with Gasteiger partial charge in [-0.3, -0.25) is 4.79 Å². The molecule has 0 fully saturated rings. The molecule has 0 spiro atoms. The third kappa shape index (κ3) is 5.18. The van der Waals surface area contributed by atoms with Crippen molar-refractivity contribution < 1.29 is 9.53 Å². The smallest absolute Gasteiger partial charge is 0.274 e. The molecule has 0 aliphatic heterocycles. The molecule has 6 nitrogen and oxygen atoms in total. The van der Waals surface area contributed by atoms with Crippen molar-refractivity contribution in [1.82, 2.24) is 9.97 Å². The van der Waals surface area contributed by atoms with Crippen LogP contribution in [-0.4, -0.2) is 29.5 Å². The van der Waals surface area contributed by atoms with Gasteiger partial charge in [-0.15, -0.1) is 0 Å². The predicted molar refractivity (Wildman–Crippen MR) is 107 cm³/mol. The predicted octanol–water partition coefficient (Wildman–Crippen LogP) is 4.05.